The molecule has 0 saturated heterocycles. The van der Waals surface area contributed by atoms with Gasteiger partial charge in [0.15, 0.2) is 0 Å². The first-order valence-corrected chi connectivity index (χ1v) is 13.2. The number of anilines is 1. The molecular formula is C26H36N4O4S. The highest BCUT2D eigenvalue weighted by atomic mass is 32.1. The molecule has 4 rings (SSSR count). The number of thiazole rings is 1. The second-order valence-corrected chi connectivity index (χ2v) is 10.8. The van der Waals surface area contributed by atoms with E-state index in [1.54, 1.807) is 48.6 Å². The minimum absolute atomic E-state index is 0.0349. The first-order chi connectivity index (χ1) is 16.9. The summed E-state index contributed by atoms with van der Waals surface area (Å²) in [7, 11) is 3.49. The Labute approximate surface area is 211 Å². The molecule has 0 unspecified atom stereocenters. The Morgan fingerprint density at radius 2 is 2.09 bits per heavy atom. The second kappa shape index (κ2) is 11.5. The molecule has 35 heavy (non-hydrogen) atoms. The highest BCUT2D eigenvalue weighted by molar-refractivity contribution is 7.09. The Morgan fingerprint density at radius 1 is 1.29 bits per heavy atom. The lowest BCUT2D eigenvalue weighted by Crippen LogP contribution is -2.46. The van der Waals surface area contributed by atoms with Gasteiger partial charge in [0.2, 0.25) is 5.91 Å². The normalized spacial score (nSPS) is 24.5. The smallest absolute Gasteiger partial charge is 0.257 e. The van der Waals surface area contributed by atoms with E-state index in [1.165, 1.54) is 0 Å². The summed E-state index contributed by atoms with van der Waals surface area (Å²) in [6.07, 6.45) is 4.68. The number of ether oxygens (including phenoxy) is 2. The van der Waals surface area contributed by atoms with Gasteiger partial charge in [0.05, 0.1) is 18.2 Å². The SMILES string of the molecule is CO[C@H]1CN(C)C(=O)c2ccc(NC(=O)C3CCC3)cc2OC[C@@H](C)N(Cc2nccs2)C[C@H]1C. The van der Waals surface area contributed by atoms with Crippen molar-refractivity contribution in [3.05, 3.63) is 40.3 Å². The van der Waals surface area contributed by atoms with Gasteiger partial charge < -0.3 is 19.7 Å². The summed E-state index contributed by atoms with van der Waals surface area (Å²) >= 11 is 1.64. The number of carbonyl (C=O) groups excluding carboxylic acids is 2. The molecule has 3 atom stereocenters. The van der Waals surface area contributed by atoms with Crippen LogP contribution in [0.4, 0.5) is 5.69 Å². The molecule has 9 heteroatoms. The highest BCUT2D eigenvalue weighted by Gasteiger charge is 2.29. The molecule has 2 heterocycles. The van der Waals surface area contributed by atoms with Crippen LogP contribution in [0.2, 0.25) is 0 Å². The van der Waals surface area contributed by atoms with Crippen LogP contribution in [0, 0.1) is 11.8 Å². The first kappa shape index (κ1) is 25.6. The molecule has 0 radical (unpaired) electrons. The second-order valence-electron chi connectivity index (χ2n) is 9.78. The van der Waals surface area contributed by atoms with Crippen LogP contribution < -0.4 is 10.1 Å². The zero-order valence-electron chi connectivity index (χ0n) is 21.0. The van der Waals surface area contributed by atoms with Crippen molar-refractivity contribution in [3.63, 3.8) is 0 Å². The van der Waals surface area contributed by atoms with Gasteiger partial charge >= 0.3 is 0 Å². The van der Waals surface area contributed by atoms with Crippen LogP contribution in [-0.2, 0) is 16.1 Å². The van der Waals surface area contributed by atoms with E-state index >= 15 is 0 Å². The number of likely N-dealkylation sites (N-methyl/N-ethyl adjacent to an activating group) is 1. The lowest BCUT2D eigenvalue weighted by atomic mass is 9.85. The van der Waals surface area contributed by atoms with Gasteiger partial charge in [-0.3, -0.25) is 14.5 Å². The van der Waals surface area contributed by atoms with Gasteiger partial charge in [0.25, 0.3) is 5.91 Å². The van der Waals surface area contributed by atoms with Crippen molar-refractivity contribution in [2.45, 2.75) is 51.8 Å². The highest BCUT2D eigenvalue weighted by Crippen LogP contribution is 2.30. The molecule has 0 spiro atoms. The number of fused-ring (bicyclic) bond motifs is 1. The zero-order chi connectivity index (χ0) is 24.9. The van der Waals surface area contributed by atoms with Crippen molar-refractivity contribution in [3.8, 4) is 5.75 Å². The fourth-order valence-electron chi connectivity index (χ4n) is 4.56. The van der Waals surface area contributed by atoms with E-state index in [-0.39, 0.29) is 35.8 Å². The maximum absolute atomic E-state index is 13.4. The minimum Gasteiger partial charge on any atom is -0.491 e. The predicted molar refractivity (Wildman–Crippen MR) is 137 cm³/mol. The number of nitrogens with zero attached hydrogens (tertiary/aromatic N) is 3. The monoisotopic (exact) mass is 500 g/mol. The molecule has 1 aliphatic heterocycles. The van der Waals surface area contributed by atoms with E-state index in [0.717, 1.165) is 37.4 Å². The molecule has 1 aliphatic carbocycles. The Balaban J connectivity index is 1.61. The molecule has 0 bridgehead atoms. The van der Waals surface area contributed by atoms with Crippen LogP contribution >= 0.6 is 11.3 Å². The number of methoxy groups -OCH3 is 1. The number of hydrogen-bond acceptors (Lipinski definition) is 7. The summed E-state index contributed by atoms with van der Waals surface area (Å²) in [5.41, 5.74) is 1.13. The Hall–Kier alpha value is -2.49. The third kappa shape index (κ3) is 6.20. The fraction of sp³-hybridized carbons (Fsp3) is 0.577. The molecule has 1 aromatic heterocycles. The number of rotatable bonds is 5. The average Bonchev–Trinajstić information content (AvgIpc) is 3.31. The van der Waals surface area contributed by atoms with Crippen molar-refractivity contribution in [2.24, 2.45) is 11.8 Å². The number of amides is 2. The fourth-order valence-corrected chi connectivity index (χ4v) is 5.21. The van der Waals surface area contributed by atoms with E-state index in [4.69, 9.17) is 9.47 Å². The van der Waals surface area contributed by atoms with Crippen LogP contribution in [0.15, 0.2) is 29.8 Å². The lowest BCUT2D eigenvalue weighted by molar-refractivity contribution is -0.122. The largest absolute Gasteiger partial charge is 0.491 e. The lowest BCUT2D eigenvalue weighted by Gasteiger charge is -2.35. The molecular weight excluding hydrogens is 464 g/mol. The summed E-state index contributed by atoms with van der Waals surface area (Å²) in [6.45, 7) is 6.67. The zero-order valence-corrected chi connectivity index (χ0v) is 21.8. The van der Waals surface area contributed by atoms with Crippen molar-refractivity contribution in [1.29, 1.82) is 0 Å². The molecule has 2 amide bonds. The van der Waals surface area contributed by atoms with Crippen molar-refractivity contribution >= 4 is 28.8 Å². The summed E-state index contributed by atoms with van der Waals surface area (Å²) in [5.74, 6) is 0.668. The summed E-state index contributed by atoms with van der Waals surface area (Å²) in [6, 6.07) is 5.38. The molecule has 2 aromatic rings. The molecule has 1 fully saturated rings. The van der Waals surface area contributed by atoms with E-state index in [9.17, 15) is 9.59 Å². The Bertz CT molecular complexity index is 1010. The van der Waals surface area contributed by atoms with E-state index < -0.39 is 0 Å². The topological polar surface area (TPSA) is 84.0 Å². The maximum atomic E-state index is 13.4. The summed E-state index contributed by atoms with van der Waals surface area (Å²) in [5, 5.41) is 6.04. The third-order valence-electron chi connectivity index (χ3n) is 7.14. The molecule has 1 saturated carbocycles. The van der Waals surface area contributed by atoms with E-state index in [1.807, 2.05) is 11.6 Å². The maximum Gasteiger partial charge on any atom is 0.257 e. The molecule has 2 aliphatic rings. The number of benzene rings is 1. The van der Waals surface area contributed by atoms with E-state index in [0.29, 0.717) is 30.2 Å². The number of aromatic nitrogens is 1. The van der Waals surface area contributed by atoms with Gasteiger partial charge in [-0.1, -0.05) is 13.3 Å². The third-order valence-corrected chi connectivity index (χ3v) is 7.91. The van der Waals surface area contributed by atoms with Crippen LogP contribution in [0.5, 0.6) is 5.75 Å². The van der Waals surface area contributed by atoms with Crippen molar-refractivity contribution in [1.82, 2.24) is 14.8 Å². The molecule has 1 aromatic carbocycles. The van der Waals surface area contributed by atoms with Crippen molar-refractivity contribution < 1.29 is 19.1 Å². The van der Waals surface area contributed by atoms with Crippen LogP contribution in [0.3, 0.4) is 0 Å². The van der Waals surface area contributed by atoms with Gasteiger partial charge in [0, 0.05) is 62.5 Å². The van der Waals surface area contributed by atoms with Gasteiger partial charge in [-0.2, -0.15) is 0 Å². The summed E-state index contributed by atoms with van der Waals surface area (Å²) < 4.78 is 12.1. The molecule has 1 N–H and O–H groups in total. The Morgan fingerprint density at radius 3 is 2.74 bits per heavy atom. The average molecular weight is 501 g/mol. The van der Waals surface area contributed by atoms with Crippen LogP contribution in [0.1, 0.15) is 48.5 Å². The number of nitrogens with one attached hydrogen (secondary N) is 1. The van der Waals surface area contributed by atoms with Gasteiger partial charge in [0.1, 0.15) is 17.4 Å². The number of carbonyl (C=O) groups is 2. The Kier molecular flexibility index (Phi) is 8.41. The minimum atomic E-state index is -0.126. The molecule has 8 nitrogen and oxygen atoms in total. The van der Waals surface area contributed by atoms with E-state index in [2.05, 4.69) is 29.0 Å². The van der Waals surface area contributed by atoms with Gasteiger partial charge in [-0.25, -0.2) is 4.98 Å². The van der Waals surface area contributed by atoms with Crippen LogP contribution in [0.25, 0.3) is 0 Å². The first-order valence-electron chi connectivity index (χ1n) is 12.3. The van der Waals surface area contributed by atoms with Crippen molar-refractivity contribution in [2.75, 3.05) is 39.2 Å². The standard InChI is InChI=1S/C26H36N4O4S/c1-17-13-30(15-24-27-10-11-35-24)18(2)16-34-22-12-20(28-25(31)19-6-5-7-19)8-9-21(22)26(32)29(3)14-23(17)33-4/h8-12,17-19,23H,5-7,13-16H2,1-4H3,(H,28,31)/t17-,18-,23+/m1/s1. The van der Waals surface area contributed by atoms with Gasteiger partial charge in [-0.05, 0) is 37.8 Å². The molecule has 190 valence electrons. The number of hydrogen-bond donors (Lipinski definition) is 1. The van der Waals surface area contributed by atoms with Gasteiger partial charge in [-0.15, -0.1) is 11.3 Å². The summed E-state index contributed by atoms with van der Waals surface area (Å²) in [4.78, 5) is 34.4. The quantitative estimate of drug-likeness (QED) is 0.671. The van der Waals surface area contributed by atoms with Crippen LogP contribution in [-0.4, -0.2) is 72.6 Å². The predicted octanol–water partition coefficient (Wildman–Crippen LogP) is 3.89.